The van der Waals surface area contributed by atoms with E-state index in [-0.39, 0.29) is 81.1 Å². The number of benzene rings is 3. The Morgan fingerprint density at radius 2 is 1.58 bits per heavy atom. The van der Waals surface area contributed by atoms with Crippen molar-refractivity contribution in [2.75, 3.05) is 93.0 Å². The maximum Gasteiger partial charge on any atom is 0.469 e. The summed E-state index contributed by atoms with van der Waals surface area (Å²) in [4.78, 5) is 119. The number of para-hydroxylation sites is 1. The van der Waals surface area contributed by atoms with Gasteiger partial charge in [0.25, 0.3) is 5.88 Å². The Balaban J connectivity index is 0.588. The van der Waals surface area contributed by atoms with Gasteiger partial charge in [-0.1, -0.05) is 68.8 Å². The number of primary amides is 1. The standard InChI is InChI=1S/C74H93N16O15PS/c1-44(2)65(70(93)89-41-55(105-106(98,99)100)35-60(89)69(92)80-46(4)49-15-17-50(18-16-49)66-47(5)79-43-107-66)62-37-64(85-104-62)102-32-30-86-28-29-87(45(3)38-86)31-33-101-63-34-52(23-27-77-63)90-53-21-22-54(90)40-88(39-53)59-36-58(83-84-67(59)75)56-10-6-7-12-61(56)103-42-48-13-19-51(20-14-48)81-68(91)57(11-8-26-78-73(76)97)82-71(94)74(72(95)96)24-9-25-74/h6-7,10,12-20,23,27,34,36-37,43-46,53-55,57,60,65H,8-9,11,21-22,24-26,28-33,35,38-42H2,1-5H3,(H2,75,84)(H,80,92)(H,81,91)(H,82,94)(H,95,96)(H3,76,78,97)(H2,98,99,100)/t45-,46+,53?,54?,55-,57+,60+,65-/m1/s1. The molecule has 4 aromatic heterocycles. The van der Waals surface area contributed by atoms with Crippen molar-refractivity contribution in [3.8, 4) is 39.2 Å². The van der Waals surface area contributed by atoms with Gasteiger partial charge in [-0.25, -0.2) is 19.3 Å². The molecular weight excluding hydrogens is 1420 g/mol. The van der Waals surface area contributed by atoms with E-state index in [2.05, 4.69) is 73.1 Å². The van der Waals surface area contributed by atoms with Crippen molar-refractivity contribution in [2.45, 2.75) is 141 Å². The summed E-state index contributed by atoms with van der Waals surface area (Å²) in [6, 6.07) is 27.2. The maximum absolute atomic E-state index is 14.6. The van der Waals surface area contributed by atoms with Crippen molar-refractivity contribution in [3.05, 3.63) is 131 Å². The van der Waals surface area contributed by atoms with Crippen molar-refractivity contribution in [2.24, 2.45) is 17.1 Å². The number of carbonyl (C=O) groups excluding carboxylic acids is 5. The first kappa shape index (κ1) is 76.8. The Morgan fingerprint density at radius 3 is 2.26 bits per heavy atom. The molecule has 6 amide bonds. The van der Waals surface area contributed by atoms with Crippen molar-refractivity contribution < 1.29 is 71.5 Å². The fraction of sp³-hybridized carbons (Fsp3) is 0.473. The lowest BCUT2D eigenvalue weighted by Gasteiger charge is -2.43. The summed E-state index contributed by atoms with van der Waals surface area (Å²) in [5.74, 6) is -2.80. The average molecular weight is 1510 g/mol. The number of fused-ring (bicyclic) bond motifs is 2. The first-order valence-electron chi connectivity index (χ1n) is 36.2. The Bertz CT molecular complexity index is 4340. The highest BCUT2D eigenvalue weighted by atomic mass is 32.1. The first-order chi connectivity index (χ1) is 51.4. The van der Waals surface area contributed by atoms with Gasteiger partial charge in [-0.05, 0) is 123 Å². The molecule has 2 bridgehead atoms. The molecule has 3 aromatic carbocycles. The number of urea groups is 1. The van der Waals surface area contributed by atoms with Gasteiger partial charge in [0.05, 0.1) is 39.6 Å². The van der Waals surface area contributed by atoms with Gasteiger partial charge in [-0.15, -0.1) is 21.5 Å². The number of nitrogens with one attached hydrogen (secondary N) is 4. The Hall–Kier alpha value is -9.82. The summed E-state index contributed by atoms with van der Waals surface area (Å²) in [6.07, 6.45) is 3.92. The predicted octanol–water partition coefficient (Wildman–Crippen LogP) is 7.26. The molecule has 31 nitrogen and oxygen atoms in total. The first-order valence-corrected chi connectivity index (χ1v) is 38.6. The number of nitrogens with zero attached hydrogens (tertiary/aromatic N) is 10. The summed E-state index contributed by atoms with van der Waals surface area (Å²) in [7, 11) is -4.96. The average Bonchev–Trinajstić information content (AvgIpc) is 1.71. The van der Waals surface area contributed by atoms with Crippen LogP contribution < -0.4 is 56.7 Å². The van der Waals surface area contributed by atoms with E-state index in [0.717, 1.165) is 76.7 Å². The molecule has 4 aliphatic heterocycles. The Labute approximate surface area is 623 Å². The number of phosphoric ester groups is 1. The number of aromatic nitrogens is 5. The SMILES string of the molecule is Cc1ncsc1-c1ccc([C@H](C)NC(=O)[C@@H]2C[C@@H](OP(=O)(O)O)CN2C(=O)[C@@H](c2cc(OCCN3CCN(CCOc4cc(N5C6CCC5CN(c5cc(-c7ccccc7OCc7ccc(NC(=O)[C@H](CCCNC(N)=O)NC(=O)C8(C(=O)O)CCC8)cc7)nnc5N)C6)ccn4)[C@H](C)C3)no2)C(C)C)cc1. The number of aliphatic carboxylic acids is 1. The van der Waals surface area contributed by atoms with Crippen LogP contribution in [0.5, 0.6) is 17.5 Å². The number of carbonyl (C=O) groups is 6. The topological polar surface area (TPSA) is 411 Å². The van der Waals surface area contributed by atoms with Gasteiger partial charge >= 0.3 is 19.8 Å². The number of anilines is 4. The number of piperazine rings is 2. The summed E-state index contributed by atoms with van der Waals surface area (Å²) in [5.41, 5.74) is 19.2. The lowest BCUT2D eigenvalue weighted by atomic mass is 9.68. The van der Waals surface area contributed by atoms with Gasteiger partial charge in [-0.2, -0.15) is 0 Å². The van der Waals surface area contributed by atoms with Crippen LogP contribution >= 0.6 is 19.2 Å². The number of hydrogen-bond donors (Lipinski definition) is 9. The minimum absolute atomic E-state index is 0.125. The fourth-order valence-electron chi connectivity index (χ4n) is 15.0. The molecule has 5 fully saturated rings. The van der Waals surface area contributed by atoms with E-state index in [4.69, 9.17) is 34.7 Å². The second-order valence-corrected chi connectivity index (χ2v) is 30.5. The van der Waals surface area contributed by atoms with Crippen LogP contribution in [0, 0.1) is 18.3 Å². The highest BCUT2D eigenvalue weighted by Gasteiger charge is 2.52. The molecule has 11 N–H and O–H groups in total. The number of pyridine rings is 1. The molecule has 0 radical (unpaired) electrons. The molecule has 1 aliphatic carbocycles. The lowest BCUT2D eigenvalue weighted by molar-refractivity contribution is -0.162. The van der Waals surface area contributed by atoms with Crippen molar-refractivity contribution >= 4 is 77.7 Å². The van der Waals surface area contributed by atoms with E-state index in [1.54, 1.807) is 53.4 Å². The molecule has 8 heterocycles. The van der Waals surface area contributed by atoms with Crippen molar-refractivity contribution in [3.63, 3.8) is 0 Å². The van der Waals surface area contributed by atoms with Gasteiger partial charge in [-0.3, -0.25) is 38.3 Å². The number of phosphoric acid groups is 1. The number of rotatable bonds is 32. The van der Waals surface area contributed by atoms with Crippen LogP contribution in [0.1, 0.15) is 114 Å². The number of carboxylic acids is 1. The largest absolute Gasteiger partial charge is 0.488 e. The lowest BCUT2D eigenvalue weighted by Crippen LogP contribution is -2.55. The zero-order valence-electron chi connectivity index (χ0n) is 60.5. The molecule has 7 aromatic rings. The molecule has 2 unspecified atom stereocenters. The number of aryl methyl sites for hydroxylation is 1. The van der Waals surface area contributed by atoms with E-state index in [1.807, 2.05) is 94.4 Å². The summed E-state index contributed by atoms with van der Waals surface area (Å²) >= 11 is 1.54. The van der Waals surface area contributed by atoms with Crippen LogP contribution in [0.25, 0.3) is 21.7 Å². The molecule has 107 heavy (non-hydrogen) atoms. The fourth-order valence-corrected chi connectivity index (χ4v) is 16.3. The van der Waals surface area contributed by atoms with Crippen LogP contribution in [-0.2, 0) is 39.7 Å². The number of amides is 6. The maximum atomic E-state index is 14.6. The smallest absolute Gasteiger partial charge is 0.469 e. The molecule has 1 saturated carbocycles. The number of hydrogen-bond acceptors (Lipinski definition) is 23. The molecule has 570 valence electrons. The van der Waals surface area contributed by atoms with Gasteiger partial charge < -0.3 is 81.1 Å². The zero-order valence-corrected chi connectivity index (χ0v) is 62.2. The van der Waals surface area contributed by atoms with Gasteiger partial charge in [0.15, 0.2) is 11.6 Å². The van der Waals surface area contributed by atoms with Crippen LogP contribution in [0.2, 0.25) is 0 Å². The monoisotopic (exact) mass is 1510 g/mol. The Kier molecular flexibility index (Phi) is 24.4. The molecule has 8 atom stereocenters. The van der Waals surface area contributed by atoms with Crippen LogP contribution in [0.15, 0.2) is 113 Å². The minimum atomic E-state index is -4.96. The van der Waals surface area contributed by atoms with Gasteiger partial charge in [0, 0.05) is 119 Å². The van der Waals surface area contributed by atoms with Gasteiger partial charge in [0.2, 0.25) is 29.5 Å². The highest BCUT2D eigenvalue weighted by Crippen LogP contribution is 2.45. The second kappa shape index (κ2) is 34.0. The molecule has 0 spiro atoms. The van der Waals surface area contributed by atoms with Gasteiger partial charge in [0.1, 0.15) is 49.0 Å². The molecule has 5 aliphatic rings. The third-order valence-corrected chi connectivity index (χ3v) is 22.4. The van der Waals surface area contributed by atoms with Crippen molar-refractivity contribution in [1.29, 1.82) is 0 Å². The Morgan fingerprint density at radius 1 is 0.841 bits per heavy atom. The molecule has 12 rings (SSSR count). The summed E-state index contributed by atoms with van der Waals surface area (Å²) < 4.78 is 41.7. The van der Waals surface area contributed by atoms with Crippen LogP contribution in [-0.4, -0.2) is 199 Å². The third-order valence-electron chi connectivity index (χ3n) is 20.9. The van der Waals surface area contributed by atoms with E-state index < -0.39 is 79.0 Å². The number of ether oxygens (including phenoxy) is 3. The molecule has 33 heteroatoms. The normalized spacial score (nSPS) is 20.2. The molecular formula is C74H93N16O15PS. The molecule has 4 saturated heterocycles. The number of thiazole rings is 1. The van der Waals surface area contributed by atoms with E-state index in [0.29, 0.717) is 81.1 Å². The quantitative estimate of drug-likeness (QED) is 0.0114. The van der Waals surface area contributed by atoms with Crippen LogP contribution in [0.4, 0.5) is 27.7 Å². The number of carboxylic acid groups (broad SMARTS) is 1. The number of nitrogens with two attached hydrogens (primary N) is 2. The van der Waals surface area contributed by atoms with Crippen molar-refractivity contribution in [1.82, 2.24) is 56.0 Å². The van der Waals surface area contributed by atoms with Crippen LogP contribution in [0.3, 0.4) is 0 Å². The minimum Gasteiger partial charge on any atom is -0.488 e. The van der Waals surface area contributed by atoms with E-state index >= 15 is 0 Å². The number of likely N-dealkylation sites (tertiary alicyclic amines) is 1. The summed E-state index contributed by atoms with van der Waals surface area (Å²) in [5, 5.41) is 33.9. The zero-order chi connectivity index (χ0) is 75.7. The second-order valence-electron chi connectivity index (χ2n) is 28.5. The number of nitrogen functional groups attached to an aromatic ring is 1. The summed E-state index contributed by atoms with van der Waals surface area (Å²) in [6.45, 7) is 15.6. The predicted molar refractivity (Wildman–Crippen MR) is 398 cm³/mol. The van der Waals surface area contributed by atoms with E-state index in [9.17, 15) is 48.2 Å². The van der Waals surface area contributed by atoms with E-state index in [1.165, 1.54) is 4.90 Å². The highest BCUT2D eigenvalue weighted by molar-refractivity contribution is 7.46. The third kappa shape index (κ3) is 18.6.